The van der Waals surface area contributed by atoms with Gasteiger partial charge in [0.15, 0.2) is 0 Å². The number of hydrogen-bond donors (Lipinski definition) is 1. The van der Waals surface area contributed by atoms with Crippen molar-refractivity contribution in [1.82, 2.24) is 4.98 Å². The van der Waals surface area contributed by atoms with Gasteiger partial charge in [0.05, 0.1) is 5.69 Å². The van der Waals surface area contributed by atoms with E-state index in [1.807, 2.05) is 24.4 Å². The molecule has 28 heavy (non-hydrogen) atoms. The molecule has 1 unspecified atom stereocenters. The van der Waals surface area contributed by atoms with E-state index in [-0.39, 0.29) is 6.04 Å². The van der Waals surface area contributed by atoms with Crippen LogP contribution in [0, 0.1) is 0 Å². The Kier molecular flexibility index (Phi) is 5.60. The Bertz CT molecular complexity index is 1010. The SMILES string of the molecule is NC(Cc1ccccc1)Cc1cnc(-c2ccccc2)c(-c2ccccc2)c1. The highest BCUT2D eigenvalue weighted by Gasteiger charge is 2.12. The summed E-state index contributed by atoms with van der Waals surface area (Å²) >= 11 is 0. The second kappa shape index (κ2) is 8.64. The summed E-state index contributed by atoms with van der Waals surface area (Å²) in [5.41, 5.74) is 13.3. The predicted molar refractivity (Wildman–Crippen MR) is 117 cm³/mol. The zero-order valence-corrected chi connectivity index (χ0v) is 15.8. The second-order valence-corrected chi connectivity index (χ2v) is 7.13. The van der Waals surface area contributed by atoms with Gasteiger partial charge in [0.25, 0.3) is 0 Å². The third-order valence-corrected chi connectivity index (χ3v) is 4.91. The van der Waals surface area contributed by atoms with E-state index in [1.165, 1.54) is 16.7 Å². The first-order valence-corrected chi connectivity index (χ1v) is 9.69. The largest absolute Gasteiger partial charge is 0.327 e. The van der Waals surface area contributed by atoms with Crippen molar-refractivity contribution in [2.75, 3.05) is 0 Å². The summed E-state index contributed by atoms with van der Waals surface area (Å²) in [4.78, 5) is 4.83. The van der Waals surface area contributed by atoms with Gasteiger partial charge in [-0.1, -0.05) is 91.0 Å². The van der Waals surface area contributed by atoms with Gasteiger partial charge < -0.3 is 5.73 Å². The zero-order valence-electron chi connectivity index (χ0n) is 15.8. The lowest BCUT2D eigenvalue weighted by atomic mass is 9.95. The van der Waals surface area contributed by atoms with Crippen molar-refractivity contribution in [3.05, 3.63) is 114 Å². The molecule has 2 N–H and O–H groups in total. The molecule has 0 aliphatic heterocycles. The number of aromatic nitrogens is 1. The average molecular weight is 364 g/mol. The Balaban J connectivity index is 1.64. The molecule has 0 saturated carbocycles. The first-order chi connectivity index (χ1) is 13.8. The third-order valence-electron chi connectivity index (χ3n) is 4.91. The maximum atomic E-state index is 6.45. The fourth-order valence-electron chi connectivity index (χ4n) is 3.58. The smallest absolute Gasteiger partial charge is 0.0780 e. The summed E-state index contributed by atoms with van der Waals surface area (Å²) < 4.78 is 0. The minimum atomic E-state index is 0.0652. The van der Waals surface area contributed by atoms with E-state index in [2.05, 4.69) is 78.9 Å². The van der Waals surface area contributed by atoms with E-state index in [0.717, 1.165) is 29.7 Å². The highest BCUT2D eigenvalue weighted by atomic mass is 14.7. The van der Waals surface area contributed by atoms with Crippen molar-refractivity contribution in [2.45, 2.75) is 18.9 Å². The van der Waals surface area contributed by atoms with Crippen LogP contribution in [0.3, 0.4) is 0 Å². The number of pyridine rings is 1. The molecule has 2 heteroatoms. The number of nitrogens with two attached hydrogens (primary N) is 1. The first kappa shape index (κ1) is 18.1. The van der Waals surface area contributed by atoms with Gasteiger partial charge in [-0.3, -0.25) is 4.98 Å². The Morgan fingerprint density at radius 2 is 1.18 bits per heavy atom. The zero-order chi connectivity index (χ0) is 19.2. The number of rotatable bonds is 6. The van der Waals surface area contributed by atoms with E-state index in [0.29, 0.717) is 0 Å². The molecule has 0 amide bonds. The van der Waals surface area contributed by atoms with Crippen LogP contribution in [0.5, 0.6) is 0 Å². The molecule has 2 nitrogen and oxygen atoms in total. The van der Waals surface area contributed by atoms with Crippen molar-refractivity contribution in [2.24, 2.45) is 5.73 Å². The molecule has 0 radical (unpaired) electrons. The van der Waals surface area contributed by atoms with Crippen LogP contribution in [0.4, 0.5) is 0 Å². The van der Waals surface area contributed by atoms with Crippen LogP contribution in [0.2, 0.25) is 0 Å². The molecule has 3 aromatic carbocycles. The van der Waals surface area contributed by atoms with Crippen LogP contribution in [-0.2, 0) is 12.8 Å². The fourth-order valence-corrected chi connectivity index (χ4v) is 3.58. The summed E-state index contributed by atoms with van der Waals surface area (Å²) in [7, 11) is 0. The van der Waals surface area contributed by atoms with E-state index in [9.17, 15) is 0 Å². The molecule has 1 heterocycles. The molecule has 1 atom stereocenters. The van der Waals surface area contributed by atoms with Gasteiger partial charge in [-0.05, 0) is 35.6 Å². The van der Waals surface area contributed by atoms with Gasteiger partial charge >= 0.3 is 0 Å². The lowest BCUT2D eigenvalue weighted by Crippen LogP contribution is -2.25. The molecular weight excluding hydrogens is 340 g/mol. The summed E-state index contributed by atoms with van der Waals surface area (Å²) in [6.45, 7) is 0. The standard InChI is InChI=1S/C26H24N2/c27-24(16-20-10-4-1-5-11-20)17-21-18-25(22-12-6-2-7-13-22)26(28-19-21)23-14-8-3-9-15-23/h1-15,18-19,24H,16-17,27H2. The van der Waals surface area contributed by atoms with Crippen molar-refractivity contribution in [1.29, 1.82) is 0 Å². The molecular formula is C26H24N2. The monoisotopic (exact) mass is 364 g/mol. The van der Waals surface area contributed by atoms with Gasteiger partial charge in [0, 0.05) is 23.4 Å². The Morgan fingerprint density at radius 3 is 1.82 bits per heavy atom. The van der Waals surface area contributed by atoms with Crippen molar-refractivity contribution in [3.8, 4) is 22.4 Å². The minimum Gasteiger partial charge on any atom is -0.327 e. The highest BCUT2D eigenvalue weighted by molar-refractivity contribution is 5.81. The molecule has 138 valence electrons. The lowest BCUT2D eigenvalue weighted by Gasteiger charge is -2.15. The number of benzene rings is 3. The molecule has 4 aromatic rings. The second-order valence-electron chi connectivity index (χ2n) is 7.13. The van der Waals surface area contributed by atoms with Crippen LogP contribution >= 0.6 is 0 Å². The maximum absolute atomic E-state index is 6.45. The summed E-state index contributed by atoms with van der Waals surface area (Å²) in [6, 6.07) is 33.5. The molecule has 0 fully saturated rings. The Hall–Kier alpha value is -3.23. The highest BCUT2D eigenvalue weighted by Crippen LogP contribution is 2.31. The van der Waals surface area contributed by atoms with E-state index < -0.39 is 0 Å². The van der Waals surface area contributed by atoms with Crippen molar-refractivity contribution in [3.63, 3.8) is 0 Å². The van der Waals surface area contributed by atoms with Crippen LogP contribution < -0.4 is 5.73 Å². The predicted octanol–water partition coefficient (Wildman–Crippen LogP) is 5.53. The summed E-state index contributed by atoms with van der Waals surface area (Å²) in [6.07, 6.45) is 3.64. The van der Waals surface area contributed by atoms with Crippen LogP contribution in [0.15, 0.2) is 103 Å². The topological polar surface area (TPSA) is 38.9 Å². The van der Waals surface area contributed by atoms with Crippen molar-refractivity contribution >= 4 is 0 Å². The average Bonchev–Trinajstić information content (AvgIpc) is 2.75. The normalized spacial score (nSPS) is 11.9. The molecule has 1 aromatic heterocycles. The van der Waals surface area contributed by atoms with E-state index >= 15 is 0 Å². The van der Waals surface area contributed by atoms with E-state index in [4.69, 9.17) is 10.7 Å². The lowest BCUT2D eigenvalue weighted by molar-refractivity contribution is 0.663. The number of hydrogen-bond acceptors (Lipinski definition) is 2. The van der Waals surface area contributed by atoms with Crippen LogP contribution in [0.1, 0.15) is 11.1 Å². The number of nitrogens with zero attached hydrogens (tertiary/aromatic N) is 1. The molecule has 4 rings (SSSR count). The Labute approximate surface area is 166 Å². The quantitative estimate of drug-likeness (QED) is 0.489. The summed E-state index contributed by atoms with van der Waals surface area (Å²) in [5.74, 6) is 0. The third kappa shape index (κ3) is 4.36. The van der Waals surface area contributed by atoms with Crippen molar-refractivity contribution < 1.29 is 0 Å². The first-order valence-electron chi connectivity index (χ1n) is 9.69. The fraction of sp³-hybridized carbons (Fsp3) is 0.115. The molecule has 0 bridgehead atoms. The molecule has 0 aliphatic rings. The van der Waals surface area contributed by atoms with Gasteiger partial charge in [0.1, 0.15) is 0 Å². The van der Waals surface area contributed by atoms with Gasteiger partial charge in [0.2, 0.25) is 0 Å². The van der Waals surface area contributed by atoms with Crippen LogP contribution in [-0.4, -0.2) is 11.0 Å². The van der Waals surface area contributed by atoms with Crippen LogP contribution in [0.25, 0.3) is 22.4 Å². The van der Waals surface area contributed by atoms with Gasteiger partial charge in [-0.15, -0.1) is 0 Å². The molecule has 0 spiro atoms. The van der Waals surface area contributed by atoms with E-state index in [1.54, 1.807) is 0 Å². The maximum Gasteiger partial charge on any atom is 0.0780 e. The molecule has 0 aliphatic carbocycles. The minimum absolute atomic E-state index is 0.0652. The van der Waals surface area contributed by atoms with Gasteiger partial charge in [-0.25, -0.2) is 0 Å². The molecule has 0 saturated heterocycles. The van der Waals surface area contributed by atoms with Gasteiger partial charge in [-0.2, -0.15) is 0 Å². The Morgan fingerprint density at radius 1 is 0.643 bits per heavy atom. The summed E-state index contributed by atoms with van der Waals surface area (Å²) in [5, 5.41) is 0.